The van der Waals surface area contributed by atoms with Gasteiger partial charge in [0.25, 0.3) is 0 Å². The standard InChI is InChI=1S/C19H31N/c1-4-17(2,3)19(6-5-7-20-19)18-11-14-8-15(12-18)10-16(9-14)13-18/h4,14-16,20H,1,5-13H2,2-3H3. The molecule has 1 aliphatic heterocycles. The molecule has 0 aromatic heterocycles. The van der Waals surface area contributed by atoms with Crippen molar-refractivity contribution in [2.75, 3.05) is 6.54 Å². The SMILES string of the molecule is C=CC(C)(C)C1(C23CC4CC(CC(C4)C2)C3)CCCN1. The van der Waals surface area contributed by atoms with E-state index in [2.05, 4.69) is 31.8 Å². The lowest BCUT2D eigenvalue weighted by Crippen LogP contribution is -2.67. The van der Waals surface area contributed by atoms with Gasteiger partial charge in [0, 0.05) is 11.0 Å². The summed E-state index contributed by atoms with van der Waals surface area (Å²) in [5, 5.41) is 4.05. The van der Waals surface area contributed by atoms with Crippen molar-refractivity contribution in [3.8, 4) is 0 Å². The monoisotopic (exact) mass is 273 g/mol. The highest BCUT2D eigenvalue weighted by molar-refractivity contribution is 5.22. The Morgan fingerprint density at radius 2 is 1.60 bits per heavy atom. The van der Waals surface area contributed by atoms with Crippen LogP contribution in [0.15, 0.2) is 12.7 Å². The molecule has 20 heavy (non-hydrogen) atoms. The number of rotatable bonds is 3. The summed E-state index contributed by atoms with van der Waals surface area (Å²) >= 11 is 0. The van der Waals surface area contributed by atoms with Crippen molar-refractivity contribution >= 4 is 0 Å². The van der Waals surface area contributed by atoms with E-state index in [1.165, 1.54) is 38.6 Å². The maximum Gasteiger partial charge on any atom is 0.0324 e. The van der Waals surface area contributed by atoms with Crippen LogP contribution in [0.25, 0.3) is 0 Å². The van der Waals surface area contributed by atoms with E-state index < -0.39 is 0 Å². The Bertz CT molecular complexity index is 378. The van der Waals surface area contributed by atoms with E-state index in [-0.39, 0.29) is 5.41 Å². The Morgan fingerprint density at radius 3 is 2.00 bits per heavy atom. The number of nitrogens with one attached hydrogen (secondary N) is 1. The fourth-order valence-corrected chi connectivity index (χ4v) is 7.24. The summed E-state index contributed by atoms with van der Waals surface area (Å²) in [7, 11) is 0. The second-order valence-electron chi connectivity index (χ2n) is 9.06. The predicted octanol–water partition coefficient (Wildman–Crippen LogP) is 4.54. The maximum atomic E-state index is 4.21. The Balaban J connectivity index is 1.78. The normalized spacial score (nSPS) is 50.6. The van der Waals surface area contributed by atoms with Crippen molar-refractivity contribution < 1.29 is 0 Å². The van der Waals surface area contributed by atoms with Gasteiger partial charge in [-0.05, 0) is 81.1 Å². The summed E-state index contributed by atoms with van der Waals surface area (Å²) in [5.74, 6) is 3.13. The van der Waals surface area contributed by atoms with Gasteiger partial charge in [0.2, 0.25) is 0 Å². The Hall–Kier alpha value is -0.300. The van der Waals surface area contributed by atoms with Crippen LogP contribution in [0.4, 0.5) is 0 Å². The van der Waals surface area contributed by atoms with E-state index in [1.807, 2.05) is 0 Å². The second-order valence-corrected chi connectivity index (χ2v) is 9.06. The van der Waals surface area contributed by atoms with Crippen LogP contribution in [0.1, 0.15) is 65.2 Å². The summed E-state index contributed by atoms with van der Waals surface area (Å²) in [4.78, 5) is 0. The summed E-state index contributed by atoms with van der Waals surface area (Å²) < 4.78 is 0. The molecule has 1 unspecified atom stereocenters. The number of hydrogen-bond acceptors (Lipinski definition) is 1. The Kier molecular flexibility index (Phi) is 2.76. The molecule has 1 nitrogen and oxygen atoms in total. The molecule has 5 aliphatic rings. The average Bonchev–Trinajstić information content (AvgIpc) is 2.88. The van der Waals surface area contributed by atoms with Gasteiger partial charge in [0.15, 0.2) is 0 Å². The van der Waals surface area contributed by atoms with Crippen LogP contribution in [-0.2, 0) is 0 Å². The smallest absolute Gasteiger partial charge is 0.0324 e. The lowest BCUT2D eigenvalue weighted by atomic mass is 9.41. The van der Waals surface area contributed by atoms with E-state index >= 15 is 0 Å². The first-order valence-corrected chi connectivity index (χ1v) is 8.89. The molecule has 1 saturated heterocycles. The zero-order valence-electron chi connectivity index (χ0n) is 13.4. The second kappa shape index (κ2) is 4.12. The first-order valence-electron chi connectivity index (χ1n) is 8.89. The van der Waals surface area contributed by atoms with Crippen molar-refractivity contribution in [3.63, 3.8) is 0 Å². The molecule has 4 aliphatic carbocycles. The van der Waals surface area contributed by atoms with Crippen molar-refractivity contribution in [3.05, 3.63) is 12.7 Å². The summed E-state index contributed by atoms with van der Waals surface area (Å²) in [6, 6.07) is 0. The van der Waals surface area contributed by atoms with Gasteiger partial charge in [0.05, 0.1) is 0 Å². The van der Waals surface area contributed by atoms with Crippen LogP contribution in [-0.4, -0.2) is 12.1 Å². The fraction of sp³-hybridized carbons (Fsp3) is 0.895. The molecule has 4 saturated carbocycles. The van der Waals surface area contributed by atoms with Gasteiger partial charge >= 0.3 is 0 Å². The van der Waals surface area contributed by atoms with E-state index in [9.17, 15) is 0 Å². The molecule has 112 valence electrons. The van der Waals surface area contributed by atoms with Crippen LogP contribution in [0.5, 0.6) is 0 Å². The molecule has 5 fully saturated rings. The van der Waals surface area contributed by atoms with Crippen LogP contribution in [0, 0.1) is 28.6 Å². The van der Waals surface area contributed by atoms with Crippen LogP contribution < -0.4 is 5.32 Å². The van der Waals surface area contributed by atoms with Gasteiger partial charge in [-0.25, -0.2) is 0 Å². The molecule has 0 aromatic rings. The van der Waals surface area contributed by atoms with E-state index in [1.54, 1.807) is 19.3 Å². The van der Waals surface area contributed by atoms with Crippen molar-refractivity contribution in [2.24, 2.45) is 28.6 Å². The van der Waals surface area contributed by atoms with Gasteiger partial charge in [-0.3, -0.25) is 0 Å². The summed E-state index contributed by atoms with van der Waals surface area (Å²) in [5.41, 5.74) is 1.13. The molecule has 0 spiro atoms. The highest BCUT2D eigenvalue weighted by atomic mass is 15.1. The van der Waals surface area contributed by atoms with Crippen LogP contribution in [0.2, 0.25) is 0 Å². The first-order chi connectivity index (χ1) is 9.50. The highest BCUT2D eigenvalue weighted by Gasteiger charge is 2.64. The van der Waals surface area contributed by atoms with E-state index in [0.29, 0.717) is 11.0 Å². The van der Waals surface area contributed by atoms with Crippen molar-refractivity contribution in [1.82, 2.24) is 5.32 Å². The molecule has 0 amide bonds. The largest absolute Gasteiger partial charge is 0.310 e. The minimum absolute atomic E-state index is 0.217. The Morgan fingerprint density at radius 1 is 1.05 bits per heavy atom. The first kappa shape index (κ1) is 13.4. The molecule has 1 heterocycles. The van der Waals surface area contributed by atoms with Gasteiger partial charge in [-0.2, -0.15) is 0 Å². The van der Waals surface area contributed by atoms with Gasteiger partial charge < -0.3 is 5.32 Å². The zero-order valence-corrected chi connectivity index (χ0v) is 13.4. The molecular weight excluding hydrogens is 242 g/mol. The molecule has 0 aromatic carbocycles. The third-order valence-corrected chi connectivity index (χ3v) is 7.71. The fourth-order valence-electron chi connectivity index (χ4n) is 7.24. The Labute approximate surface area is 124 Å². The quantitative estimate of drug-likeness (QED) is 0.745. The van der Waals surface area contributed by atoms with Crippen LogP contribution in [0.3, 0.4) is 0 Å². The third kappa shape index (κ3) is 1.54. The zero-order chi connectivity index (χ0) is 14.0. The average molecular weight is 273 g/mol. The van der Waals surface area contributed by atoms with Gasteiger partial charge in [0.1, 0.15) is 0 Å². The molecule has 0 radical (unpaired) electrons. The number of hydrogen-bond donors (Lipinski definition) is 1. The van der Waals surface area contributed by atoms with E-state index in [0.717, 1.165) is 17.8 Å². The molecule has 5 rings (SSSR count). The molecule has 1 atom stereocenters. The predicted molar refractivity (Wildman–Crippen MR) is 84.6 cm³/mol. The molecule has 1 heteroatoms. The molecule has 1 N–H and O–H groups in total. The minimum atomic E-state index is 0.217. The maximum absolute atomic E-state index is 4.21. The van der Waals surface area contributed by atoms with Gasteiger partial charge in [-0.15, -0.1) is 6.58 Å². The third-order valence-electron chi connectivity index (χ3n) is 7.71. The lowest BCUT2D eigenvalue weighted by molar-refractivity contribution is -0.129. The van der Waals surface area contributed by atoms with Crippen LogP contribution >= 0.6 is 0 Å². The topological polar surface area (TPSA) is 12.0 Å². The molecular formula is C19H31N. The molecule has 4 bridgehead atoms. The summed E-state index contributed by atoms with van der Waals surface area (Å²) in [6.07, 6.45) is 14.1. The van der Waals surface area contributed by atoms with E-state index in [4.69, 9.17) is 0 Å². The lowest BCUT2D eigenvalue weighted by Gasteiger charge is -2.66. The highest BCUT2D eigenvalue weighted by Crippen LogP contribution is 2.68. The summed E-state index contributed by atoms with van der Waals surface area (Å²) in [6.45, 7) is 10.3. The van der Waals surface area contributed by atoms with Crippen molar-refractivity contribution in [1.29, 1.82) is 0 Å². The van der Waals surface area contributed by atoms with Gasteiger partial charge in [-0.1, -0.05) is 19.9 Å². The minimum Gasteiger partial charge on any atom is -0.310 e. The van der Waals surface area contributed by atoms with Crippen molar-refractivity contribution in [2.45, 2.75) is 70.8 Å².